The average molecular weight is 291 g/mol. The Morgan fingerprint density at radius 3 is 2.76 bits per heavy atom. The summed E-state index contributed by atoms with van der Waals surface area (Å²) in [5.41, 5.74) is 2.27. The molecule has 0 unspecified atom stereocenters. The van der Waals surface area contributed by atoms with E-state index in [0.717, 1.165) is 11.1 Å². The molecule has 2 heterocycles. The topological polar surface area (TPSA) is 76.1 Å². The number of nitrogens with zero attached hydrogens (tertiary/aromatic N) is 1. The molecule has 0 saturated carbocycles. The van der Waals surface area contributed by atoms with Crippen LogP contribution in [0, 0.1) is 0 Å². The third-order valence-electron chi connectivity index (χ3n) is 3.85. The van der Waals surface area contributed by atoms with Crippen LogP contribution in [0.25, 0.3) is 0 Å². The molecule has 1 aromatic rings. The maximum Gasteiger partial charge on any atom is 0.329 e. The summed E-state index contributed by atoms with van der Waals surface area (Å²) in [5.74, 6) is -1.05. The molecule has 0 aliphatic carbocycles. The van der Waals surface area contributed by atoms with Gasteiger partial charge in [-0.3, -0.25) is 4.79 Å². The number of carbonyl (C=O) groups is 2. The first-order valence-corrected chi connectivity index (χ1v) is 6.81. The minimum Gasteiger partial charge on any atom is -0.480 e. The van der Waals surface area contributed by atoms with Gasteiger partial charge in [-0.1, -0.05) is 6.07 Å². The van der Waals surface area contributed by atoms with Crippen LogP contribution in [0.2, 0.25) is 0 Å². The van der Waals surface area contributed by atoms with Crippen molar-refractivity contribution in [3.8, 4) is 0 Å². The normalized spacial score (nSPS) is 19.0. The predicted molar refractivity (Wildman–Crippen MR) is 72.8 cm³/mol. The van der Waals surface area contributed by atoms with E-state index < -0.39 is 11.6 Å². The van der Waals surface area contributed by atoms with E-state index in [1.807, 2.05) is 25.1 Å². The second kappa shape index (κ2) is 5.13. The molecule has 0 atom stereocenters. The molecule has 112 valence electrons. The van der Waals surface area contributed by atoms with Crippen molar-refractivity contribution in [3.63, 3.8) is 0 Å². The first kappa shape index (κ1) is 14.0. The number of amides is 1. The predicted octanol–water partition coefficient (Wildman–Crippen LogP) is 1.03. The largest absolute Gasteiger partial charge is 0.480 e. The van der Waals surface area contributed by atoms with Crippen LogP contribution in [0.4, 0.5) is 0 Å². The Bertz CT molecular complexity index is 592. The van der Waals surface area contributed by atoms with Crippen molar-refractivity contribution in [1.29, 1.82) is 0 Å². The fourth-order valence-electron chi connectivity index (χ4n) is 2.72. The number of ether oxygens (including phenoxy) is 2. The molecule has 6 nitrogen and oxygen atoms in total. The first-order valence-electron chi connectivity index (χ1n) is 6.81. The summed E-state index contributed by atoms with van der Waals surface area (Å²) in [5, 5.41) is 8.62. The van der Waals surface area contributed by atoms with E-state index in [4.69, 9.17) is 14.6 Å². The molecule has 1 fully saturated rings. The molecule has 0 spiro atoms. The molecule has 6 heteroatoms. The maximum absolute atomic E-state index is 12.4. The Labute approximate surface area is 122 Å². The number of carboxylic acids is 1. The van der Waals surface area contributed by atoms with Crippen LogP contribution in [0.5, 0.6) is 0 Å². The number of rotatable bonds is 4. The highest BCUT2D eigenvalue weighted by atomic mass is 16.5. The molecule has 2 aliphatic heterocycles. The summed E-state index contributed by atoms with van der Waals surface area (Å²) in [6, 6.07) is 5.61. The van der Waals surface area contributed by atoms with Crippen LogP contribution < -0.4 is 0 Å². The lowest BCUT2D eigenvalue weighted by Gasteiger charge is -2.47. The highest BCUT2D eigenvalue weighted by Crippen LogP contribution is 2.28. The zero-order valence-corrected chi connectivity index (χ0v) is 11.8. The lowest BCUT2D eigenvalue weighted by atomic mass is 9.94. The second-order valence-corrected chi connectivity index (χ2v) is 5.77. The number of likely N-dealkylation sites (tertiary alicyclic amines) is 1. The minimum atomic E-state index is -1.00. The molecule has 1 amide bonds. The Morgan fingerprint density at radius 2 is 2.05 bits per heavy atom. The molecule has 3 rings (SSSR count). The number of hydrogen-bond donors (Lipinski definition) is 1. The van der Waals surface area contributed by atoms with Crippen molar-refractivity contribution in [2.75, 3.05) is 19.7 Å². The lowest BCUT2D eigenvalue weighted by Crippen LogP contribution is -2.63. The van der Waals surface area contributed by atoms with Gasteiger partial charge in [0, 0.05) is 5.56 Å². The Morgan fingerprint density at radius 1 is 1.33 bits per heavy atom. The van der Waals surface area contributed by atoms with E-state index in [1.54, 1.807) is 4.90 Å². The summed E-state index contributed by atoms with van der Waals surface area (Å²) in [6.45, 7) is 3.45. The highest BCUT2D eigenvalue weighted by Gasteiger charge is 2.43. The van der Waals surface area contributed by atoms with Crippen LogP contribution in [-0.2, 0) is 27.5 Å². The molecule has 1 aromatic carbocycles. The van der Waals surface area contributed by atoms with Gasteiger partial charge in [-0.25, -0.2) is 4.79 Å². The Balaban J connectivity index is 1.62. The van der Waals surface area contributed by atoms with Crippen molar-refractivity contribution in [3.05, 3.63) is 34.9 Å². The zero-order chi connectivity index (χ0) is 15.0. The van der Waals surface area contributed by atoms with Gasteiger partial charge in [0.05, 0.1) is 26.3 Å². The van der Waals surface area contributed by atoms with Crippen molar-refractivity contribution >= 4 is 11.9 Å². The number of hydrogen-bond acceptors (Lipinski definition) is 4. The Hall–Kier alpha value is -1.92. The molecule has 0 bridgehead atoms. The molecule has 2 aliphatic rings. The monoisotopic (exact) mass is 291 g/mol. The summed E-state index contributed by atoms with van der Waals surface area (Å²) in [7, 11) is 0. The molecule has 1 N–H and O–H groups in total. The van der Waals surface area contributed by atoms with Gasteiger partial charge in [-0.2, -0.15) is 0 Å². The van der Waals surface area contributed by atoms with E-state index in [2.05, 4.69) is 0 Å². The van der Waals surface area contributed by atoms with Crippen molar-refractivity contribution in [2.45, 2.75) is 25.7 Å². The summed E-state index contributed by atoms with van der Waals surface area (Å²) in [4.78, 5) is 24.5. The molecule has 1 saturated heterocycles. The number of fused-ring (bicyclic) bond motifs is 1. The Kier molecular flexibility index (Phi) is 3.43. The highest BCUT2D eigenvalue weighted by molar-refractivity contribution is 5.95. The number of carboxylic acid groups (broad SMARTS) is 1. The van der Waals surface area contributed by atoms with Gasteiger partial charge in [-0.15, -0.1) is 0 Å². The van der Waals surface area contributed by atoms with Crippen LogP contribution in [0.1, 0.15) is 28.4 Å². The molecular weight excluding hydrogens is 274 g/mol. The fraction of sp³-hybridized carbons (Fsp3) is 0.467. The van der Waals surface area contributed by atoms with Gasteiger partial charge in [0.1, 0.15) is 12.2 Å². The van der Waals surface area contributed by atoms with Crippen LogP contribution in [0.3, 0.4) is 0 Å². The number of benzene rings is 1. The van der Waals surface area contributed by atoms with E-state index in [-0.39, 0.29) is 12.5 Å². The molecule has 21 heavy (non-hydrogen) atoms. The molecule has 0 radical (unpaired) electrons. The van der Waals surface area contributed by atoms with Gasteiger partial charge >= 0.3 is 5.97 Å². The van der Waals surface area contributed by atoms with Crippen molar-refractivity contribution in [2.24, 2.45) is 0 Å². The van der Waals surface area contributed by atoms with E-state index in [1.165, 1.54) is 0 Å². The summed E-state index contributed by atoms with van der Waals surface area (Å²) >= 11 is 0. The third kappa shape index (κ3) is 2.77. The number of carbonyl (C=O) groups excluding carboxylic acids is 1. The zero-order valence-electron chi connectivity index (χ0n) is 11.8. The van der Waals surface area contributed by atoms with Crippen LogP contribution >= 0.6 is 0 Å². The number of aliphatic carboxylic acids is 1. The minimum absolute atomic E-state index is 0.0545. The van der Waals surface area contributed by atoms with Gasteiger partial charge in [-0.05, 0) is 30.2 Å². The van der Waals surface area contributed by atoms with E-state index in [9.17, 15) is 9.59 Å². The first-order chi connectivity index (χ1) is 9.97. The van der Waals surface area contributed by atoms with Crippen molar-refractivity contribution < 1.29 is 24.2 Å². The summed E-state index contributed by atoms with van der Waals surface area (Å²) in [6.07, 6.45) is 0. The van der Waals surface area contributed by atoms with E-state index in [0.29, 0.717) is 31.9 Å². The van der Waals surface area contributed by atoms with E-state index >= 15 is 0 Å². The molecular formula is C15H17NO5. The third-order valence-corrected chi connectivity index (χ3v) is 3.85. The van der Waals surface area contributed by atoms with Crippen LogP contribution in [-0.4, -0.2) is 47.2 Å². The molecule has 0 aromatic heterocycles. The van der Waals surface area contributed by atoms with Gasteiger partial charge in [0.25, 0.3) is 5.91 Å². The fourth-order valence-corrected chi connectivity index (χ4v) is 2.72. The standard InChI is InChI=1S/C15H17NO5/c1-15(21-7-13(17)18)8-16(9-15)14(19)10-2-3-11-5-20-6-12(11)4-10/h2-4H,5-9H2,1H3,(H,17,18). The second-order valence-electron chi connectivity index (χ2n) is 5.77. The maximum atomic E-state index is 12.4. The quantitative estimate of drug-likeness (QED) is 0.896. The smallest absolute Gasteiger partial charge is 0.329 e. The van der Waals surface area contributed by atoms with Gasteiger partial charge < -0.3 is 19.5 Å². The van der Waals surface area contributed by atoms with Crippen LogP contribution in [0.15, 0.2) is 18.2 Å². The van der Waals surface area contributed by atoms with Crippen molar-refractivity contribution in [1.82, 2.24) is 4.90 Å². The lowest BCUT2D eigenvalue weighted by molar-refractivity contribution is -0.159. The average Bonchev–Trinajstić information content (AvgIpc) is 2.88. The summed E-state index contributed by atoms with van der Waals surface area (Å²) < 4.78 is 10.6. The van der Waals surface area contributed by atoms with Gasteiger partial charge in [0.15, 0.2) is 0 Å². The SMILES string of the molecule is CC1(OCC(=O)O)CN(C(=O)c2ccc3c(c2)COC3)C1. The van der Waals surface area contributed by atoms with Gasteiger partial charge in [0.2, 0.25) is 0 Å².